The van der Waals surface area contributed by atoms with E-state index in [4.69, 9.17) is 10.5 Å². The summed E-state index contributed by atoms with van der Waals surface area (Å²) in [5.74, 6) is 0.463. The number of rotatable bonds is 3. The van der Waals surface area contributed by atoms with Crippen molar-refractivity contribution in [2.45, 2.75) is 19.9 Å². The number of methoxy groups -OCH3 is 1. The Morgan fingerprint density at radius 1 is 1.29 bits per heavy atom. The van der Waals surface area contributed by atoms with Crippen molar-refractivity contribution in [2.75, 3.05) is 7.11 Å². The second-order valence-corrected chi connectivity index (χ2v) is 4.85. The fraction of sp³-hybridized carbons (Fsp3) is 0.364. The van der Waals surface area contributed by atoms with Crippen molar-refractivity contribution in [3.05, 3.63) is 33.7 Å². The molecule has 0 bridgehead atoms. The lowest BCUT2D eigenvalue weighted by Gasteiger charge is -2.12. The molecule has 0 spiro atoms. The van der Waals surface area contributed by atoms with Crippen molar-refractivity contribution in [3.8, 4) is 5.88 Å². The van der Waals surface area contributed by atoms with Gasteiger partial charge >= 0.3 is 0 Å². The maximum atomic E-state index is 6.19. The van der Waals surface area contributed by atoms with Gasteiger partial charge in [-0.1, -0.05) is 0 Å². The van der Waals surface area contributed by atoms with Crippen molar-refractivity contribution in [2.24, 2.45) is 5.73 Å². The molecule has 0 saturated heterocycles. The highest BCUT2D eigenvalue weighted by molar-refractivity contribution is 7.11. The zero-order chi connectivity index (χ0) is 12.4. The Kier molecular flexibility index (Phi) is 3.35. The Morgan fingerprint density at radius 2 is 2.00 bits per heavy atom. The van der Waals surface area contributed by atoms with Crippen molar-refractivity contribution in [3.63, 3.8) is 0 Å². The standard InChI is InChI=1S/C11H14N4OS/c1-6-10(17-7(2)15-6)8(12)9-11(16-3)14-5-4-13-9/h4-5,8H,12H2,1-3H3. The zero-order valence-corrected chi connectivity index (χ0v) is 10.8. The Labute approximate surface area is 104 Å². The number of nitrogens with zero attached hydrogens (tertiary/aromatic N) is 3. The highest BCUT2D eigenvalue weighted by atomic mass is 32.1. The van der Waals surface area contributed by atoms with Crippen molar-refractivity contribution in [1.82, 2.24) is 15.0 Å². The fourth-order valence-electron chi connectivity index (χ4n) is 1.67. The first kappa shape index (κ1) is 11.9. The summed E-state index contributed by atoms with van der Waals surface area (Å²) in [5.41, 5.74) is 7.77. The predicted octanol–water partition coefficient (Wildman–Crippen LogP) is 1.61. The number of nitrogens with two attached hydrogens (primary N) is 1. The number of ether oxygens (including phenoxy) is 1. The van der Waals surface area contributed by atoms with Crippen LogP contribution in [0.25, 0.3) is 0 Å². The summed E-state index contributed by atoms with van der Waals surface area (Å²) in [5, 5.41) is 0.996. The average Bonchev–Trinajstić information content (AvgIpc) is 2.67. The molecule has 2 aromatic rings. The molecular weight excluding hydrogens is 236 g/mol. The lowest BCUT2D eigenvalue weighted by atomic mass is 10.1. The zero-order valence-electron chi connectivity index (χ0n) is 9.97. The molecule has 0 radical (unpaired) electrons. The third-order valence-corrected chi connectivity index (χ3v) is 3.56. The van der Waals surface area contributed by atoms with Gasteiger partial charge in [-0.25, -0.2) is 9.97 Å². The lowest BCUT2D eigenvalue weighted by Crippen LogP contribution is -2.15. The Morgan fingerprint density at radius 3 is 2.59 bits per heavy atom. The molecule has 0 aliphatic rings. The molecule has 0 aliphatic heterocycles. The van der Waals surface area contributed by atoms with Crippen LogP contribution < -0.4 is 10.5 Å². The van der Waals surface area contributed by atoms with Gasteiger partial charge in [0.25, 0.3) is 0 Å². The molecule has 6 heteroatoms. The van der Waals surface area contributed by atoms with Crippen molar-refractivity contribution in [1.29, 1.82) is 0 Å². The maximum Gasteiger partial charge on any atom is 0.237 e. The van der Waals surface area contributed by atoms with Crippen LogP contribution >= 0.6 is 11.3 Å². The summed E-state index contributed by atoms with van der Waals surface area (Å²) in [6.07, 6.45) is 3.20. The van der Waals surface area contributed by atoms with Crippen LogP contribution in [0, 0.1) is 13.8 Å². The summed E-state index contributed by atoms with van der Waals surface area (Å²) in [6.45, 7) is 3.91. The lowest BCUT2D eigenvalue weighted by molar-refractivity contribution is 0.387. The highest BCUT2D eigenvalue weighted by Crippen LogP contribution is 2.30. The number of aromatic nitrogens is 3. The van der Waals surface area contributed by atoms with Crippen LogP contribution in [0.3, 0.4) is 0 Å². The van der Waals surface area contributed by atoms with Gasteiger partial charge in [-0.15, -0.1) is 11.3 Å². The molecule has 1 unspecified atom stereocenters. The van der Waals surface area contributed by atoms with E-state index in [2.05, 4.69) is 15.0 Å². The Bertz CT molecular complexity index is 526. The third kappa shape index (κ3) is 2.27. The molecule has 0 amide bonds. The second-order valence-electron chi connectivity index (χ2n) is 3.61. The summed E-state index contributed by atoms with van der Waals surface area (Å²) in [6, 6.07) is -0.343. The van der Waals surface area contributed by atoms with E-state index >= 15 is 0 Å². The van der Waals surface area contributed by atoms with Crippen LogP contribution in [0.4, 0.5) is 0 Å². The SMILES string of the molecule is COc1nccnc1C(N)c1sc(C)nc1C. The fourth-order valence-corrected chi connectivity index (χ4v) is 2.60. The molecule has 0 aliphatic carbocycles. The predicted molar refractivity (Wildman–Crippen MR) is 66.2 cm³/mol. The first-order chi connectivity index (χ1) is 8.13. The van der Waals surface area contributed by atoms with Crippen LogP contribution in [0.5, 0.6) is 5.88 Å². The van der Waals surface area contributed by atoms with Crippen molar-refractivity contribution < 1.29 is 4.74 Å². The first-order valence-electron chi connectivity index (χ1n) is 5.18. The summed E-state index contributed by atoms with van der Waals surface area (Å²) >= 11 is 1.58. The van der Waals surface area contributed by atoms with Crippen LogP contribution in [0.1, 0.15) is 27.3 Å². The molecule has 90 valence electrons. The van der Waals surface area contributed by atoms with Gasteiger partial charge in [-0.2, -0.15) is 0 Å². The topological polar surface area (TPSA) is 73.9 Å². The molecule has 1 atom stereocenters. The van der Waals surface area contributed by atoms with Gasteiger partial charge in [-0.05, 0) is 13.8 Å². The molecule has 0 aromatic carbocycles. The normalized spacial score (nSPS) is 12.5. The van der Waals surface area contributed by atoms with Crippen LogP contribution in [0.15, 0.2) is 12.4 Å². The second kappa shape index (κ2) is 4.77. The van der Waals surface area contributed by atoms with E-state index in [9.17, 15) is 0 Å². The molecule has 2 heterocycles. The van der Waals surface area contributed by atoms with Crippen LogP contribution in [-0.2, 0) is 0 Å². The average molecular weight is 250 g/mol. The minimum atomic E-state index is -0.343. The van der Waals surface area contributed by atoms with E-state index in [1.54, 1.807) is 30.8 Å². The number of thiazole rings is 1. The minimum Gasteiger partial charge on any atom is -0.480 e. The minimum absolute atomic E-state index is 0.343. The third-order valence-electron chi connectivity index (χ3n) is 2.40. The molecule has 0 fully saturated rings. The van der Waals surface area contributed by atoms with Gasteiger partial charge in [0.15, 0.2) is 0 Å². The maximum absolute atomic E-state index is 6.19. The number of aryl methyl sites for hydroxylation is 2. The van der Waals surface area contributed by atoms with E-state index in [0.717, 1.165) is 15.6 Å². The largest absolute Gasteiger partial charge is 0.480 e. The van der Waals surface area contributed by atoms with E-state index in [1.165, 1.54) is 0 Å². The molecule has 17 heavy (non-hydrogen) atoms. The Hall–Kier alpha value is -1.53. The van der Waals surface area contributed by atoms with Gasteiger partial charge in [0.2, 0.25) is 5.88 Å². The van der Waals surface area contributed by atoms with Crippen LogP contribution in [-0.4, -0.2) is 22.1 Å². The van der Waals surface area contributed by atoms with Gasteiger partial charge in [0, 0.05) is 12.4 Å². The van der Waals surface area contributed by atoms with Gasteiger partial charge in [0.05, 0.1) is 28.7 Å². The smallest absolute Gasteiger partial charge is 0.237 e. The highest BCUT2D eigenvalue weighted by Gasteiger charge is 2.20. The Balaban J connectivity index is 2.43. The molecular formula is C11H14N4OS. The molecule has 5 nitrogen and oxygen atoms in total. The molecule has 2 N–H and O–H groups in total. The summed E-state index contributed by atoms with van der Waals surface area (Å²) in [7, 11) is 1.56. The van der Waals surface area contributed by atoms with Gasteiger partial charge < -0.3 is 10.5 Å². The van der Waals surface area contributed by atoms with Gasteiger partial charge in [0.1, 0.15) is 5.69 Å². The van der Waals surface area contributed by atoms with Gasteiger partial charge in [-0.3, -0.25) is 4.98 Å². The molecule has 2 aromatic heterocycles. The van der Waals surface area contributed by atoms with E-state index in [1.807, 2.05) is 13.8 Å². The summed E-state index contributed by atoms with van der Waals surface area (Å²) in [4.78, 5) is 13.7. The monoisotopic (exact) mass is 250 g/mol. The van der Waals surface area contributed by atoms with E-state index in [0.29, 0.717) is 11.6 Å². The van der Waals surface area contributed by atoms with Crippen LogP contribution in [0.2, 0.25) is 0 Å². The first-order valence-corrected chi connectivity index (χ1v) is 5.99. The number of hydrogen-bond acceptors (Lipinski definition) is 6. The molecule has 0 saturated carbocycles. The van der Waals surface area contributed by atoms with E-state index < -0.39 is 0 Å². The van der Waals surface area contributed by atoms with Crippen molar-refractivity contribution >= 4 is 11.3 Å². The molecule has 2 rings (SSSR count). The van der Waals surface area contributed by atoms with E-state index in [-0.39, 0.29) is 6.04 Å². The quantitative estimate of drug-likeness (QED) is 0.895. The number of hydrogen-bond donors (Lipinski definition) is 1. The summed E-state index contributed by atoms with van der Waals surface area (Å²) < 4.78 is 5.17.